The van der Waals surface area contributed by atoms with Crippen LogP contribution in [0.5, 0.6) is 0 Å². The van der Waals surface area contributed by atoms with Crippen LogP contribution in [-0.2, 0) is 0 Å². The third kappa shape index (κ3) is 3.67. The van der Waals surface area contributed by atoms with Crippen molar-refractivity contribution >= 4 is 33.8 Å². The largest absolute Gasteiger partial charge is 0.362 e. The highest BCUT2D eigenvalue weighted by atomic mass is 16.6. The van der Waals surface area contributed by atoms with Gasteiger partial charge in [0.05, 0.1) is 10.6 Å². The number of aromatic nitrogens is 2. The van der Waals surface area contributed by atoms with Crippen molar-refractivity contribution < 1.29 is 4.92 Å². The molecule has 7 nitrogen and oxygen atoms in total. The summed E-state index contributed by atoms with van der Waals surface area (Å²) in [5.41, 5.74) is 0.777. The van der Waals surface area contributed by atoms with Crippen LogP contribution in [0.2, 0.25) is 0 Å². The van der Waals surface area contributed by atoms with E-state index in [-0.39, 0.29) is 17.5 Å². The fraction of sp³-hybridized carbons (Fsp3) is 0.300. The van der Waals surface area contributed by atoms with E-state index in [0.29, 0.717) is 12.4 Å². The summed E-state index contributed by atoms with van der Waals surface area (Å²) in [5.74, 6) is 0.540. The lowest BCUT2D eigenvalue weighted by Gasteiger charge is -2.24. The summed E-state index contributed by atoms with van der Waals surface area (Å²) >= 11 is 0. The SMILES string of the molecule is CCC(C)Nc1ncnc(N(CC)c2cccc3ccccc23)c1[N+](=O)[O-]. The summed E-state index contributed by atoms with van der Waals surface area (Å²) in [4.78, 5) is 21.8. The second-order valence-corrected chi connectivity index (χ2v) is 6.35. The van der Waals surface area contributed by atoms with Crippen LogP contribution in [-0.4, -0.2) is 27.5 Å². The maximum absolute atomic E-state index is 11.9. The van der Waals surface area contributed by atoms with Gasteiger partial charge in [-0.1, -0.05) is 43.3 Å². The van der Waals surface area contributed by atoms with Gasteiger partial charge in [-0.25, -0.2) is 9.97 Å². The summed E-state index contributed by atoms with van der Waals surface area (Å²) < 4.78 is 0. The van der Waals surface area contributed by atoms with Crippen LogP contribution in [0.15, 0.2) is 48.8 Å². The van der Waals surface area contributed by atoms with E-state index < -0.39 is 4.92 Å². The Hall–Kier alpha value is -3.22. The number of nitrogens with zero attached hydrogens (tertiary/aromatic N) is 4. The molecule has 0 fully saturated rings. The highest BCUT2D eigenvalue weighted by Gasteiger charge is 2.28. The van der Waals surface area contributed by atoms with E-state index in [1.54, 1.807) is 0 Å². The van der Waals surface area contributed by atoms with Crippen molar-refractivity contribution in [2.24, 2.45) is 0 Å². The summed E-state index contributed by atoms with van der Waals surface area (Å²) in [6.45, 7) is 6.47. The van der Waals surface area contributed by atoms with Crippen molar-refractivity contribution in [2.75, 3.05) is 16.8 Å². The number of anilines is 3. The van der Waals surface area contributed by atoms with Gasteiger partial charge in [-0.15, -0.1) is 0 Å². The molecule has 3 rings (SSSR count). The van der Waals surface area contributed by atoms with Gasteiger partial charge in [0.25, 0.3) is 0 Å². The molecule has 1 N–H and O–H groups in total. The number of hydrogen-bond donors (Lipinski definition) is 1. The number of fused-ring (bicyclic) bond motifs is 1. The Labute approximate surface area is 158 Å². The number of benzene rings is 2. The number of nitro groups is 1. The minimum atomic E-state index is -0.409. The van der Waals surface area contributed by atoms with Crippen LogP contribution < -0.4 is 10.2 Å². The predicted molar refractivity (Wildman–Crippen MR) is 109 cm³/mol. The van der Waals surface area contributed by atoms with E-state index in [1.165, 1.54) is 6.33 Å². The molecule has 0 saturated carbocycles. The lowest BCUT2D eigenvalue weighted by atomic mass is 10.1. The molecule has 27 heavy (non-hydrogen) atoms. The Morgan fingerprint density at radius 3 is 2.59 bits per heavy atom. The van der Waals surface area contributed by atoms with E-state index in [4.69, 9.17) is 0 Å². The molecular formula is C20H23N5O2. The third-order valence-corrected chi connectivity index (χ3v) is 4.61. The van der Waals surface area contributed by atoms with Crippen molar-refractivity contribution in [1.29, 1.82) is 0 Å². The maximum Gasteiger partial charge on any atom is 0.353 e. The molecule has 0 saturated heterocycles. The highest BCUT2D eigenvalue weighted by molar-refractivity contribution is 5.96. The van der Waals surface area contributed by atoms with Gasteiger partial charge in [-0.2, -0.15) is 0 Å². The van der Waals surface area contributed by atoms with Crippen LogP contribution >= 0.6 is 0 Å². The number of hydrogen-bond acceptors (Lipinski definition) is 6. The van der Waals surface area contributed by atoms with E-state index in [0.717, 1.165) is 22.9 Å². The van der Waals surface area contributed by atoms with Crippen molar-refractivity contribution in [2.45, 2.75) is 33.2 Å². The molecule has 2 aromatic carbocycles. The topological polar surface area (TPSA) is 84.2 Å². The Morgan fingerprint density at radius 1 is 1.15 bits per heavy atom. The van der Waals surface area contributed by atoms with Gasteiger partial charge < -0.3 is 10.2 Å². The average Bonchev–Trinajstić information content (AvgIpc) is 2.68. The average molecular weight is 365 g/mol. The van der Waals surface area contributed by atoms with Gasteiger partial charge in [0.2, 0.25) is 11.6 Å². The predicted octanol–water partition coefficient (Wildman–Crippen LogP) is 4.91. The van der Waals surface area contributed by atoms with Crippen LogP contribution in [0.3, 0.4) is 0 Å². The molecule has 1 atom stereocenters. The first kappa shape index (κ1) is 18.6. The number of rotatable bonds is 7. The fourth-order valence-electron chi connectivity index (χ4n) is 3.05. The first-order valence-corrected chi connectivity index (χ1v) is 9.08. The molecule has 0 aliphatic rings. The summed E-state index contributed by atoms with van der Waals surface area (Å²) in [5, 5.41) is 17.1. The molecule has 0 spiro atoms. The van der Waals surface area contributed by atoms with Crippen molar-refractivity contribution in [3.8, 4) is 0 Å². The minimum absolute atomic E-state index is 0.0686. The molecule has 0 radical (unpaired) electrons. The van der Waals surface area contributed by atoms with Gasteiger partial charge in [-0.05, 0) is 31.7 Å². The van der Waals surface area contributed by atoms with Crippen LogP contribution in [0.1, 0.15) is 27.2 Å². The van der Waals surface area contributed by atoms with Crippen LogP contribution in [0.25, 0.3) is 10.8 Å². The zero-order chi connectivity index (χ0) is 19.4. The van der Waals surface area contributed by atoms with Crippen molar-refractivity contribution in [3.05, 3.63) is 58.9 Å². The Bertz CT molecular complexity index is 955. The Morgan fingerprint density at radius 2 is 1.89 bits per heavy atom. The zero-order valence-corrected chi connectivity index (χ0v) is 15.7. The van der Waals surface area contributed by atoms with E-state index in [9.17, 15) is 10.1 Å². The molecule has 0 aliphatic carbocycles. The molecule has 1 heterocycles. The molecule has 3 aromatic rings. The summed E-state index contributed by atoms with van der Waals surface area (Å²) in [7, 11) is 0. The van der Waals surface area contributed by atoms with Gasteiger partial charge in [-0.3, -0.25) is 10.1 Å². The number of nitrogens with one attached hydrogen (secondary N) is 1. The van der Waals surface area contributed by atoms with Gasteiger partial charge in [0, 0.05) is 18.0 Å². The first-order valence-electron chi connectivity index (χ1n) is 9.08. The van der Waals surface area contributed by atoms with Crippen molar-refractivity contribution in [1.82, 2.24) is 9.97 Å². The lowest BCUT2D eigenvalue weighted by Crippen LogP contribution is -2.22. The fourth-order valence-corrected chi connectivity index (χ4v) is 3.05. The zero-order valence-electron chi connectivity index (χ0n) is 15.7. The molecule has 1 aromatic heterocycles. The summed E-state index contributed by atoms with van der Waals surface area (Å²) in [6.07, 6.45) is 2.21. The normalized spacial score (nSPS) is 12.0. The molecule has 0 bridgehead atoms. The smallest absolute Gasteiger partial charge is 0.353 e. The molecule has 0 amide bonds. The van der Waals surface area contributed by atoms with Gasteiger partial charge >= 0.3 is 5.69 Å². The van der Waals surface area contributed by atoms with Crippen LogP contribution in [0, 0.1) is 10.1 Å². The van der Waals surface area contributed by atoms with Crippen molar-refractivity contribution in [3.63, 3.8) is 0 Å². The van der Waals surface area contributed by atoms with Gasteiger partial charge in [0.1, 0.15) is 6.33 Å². The lowest BCUT2D eigenvalue weighted by molar-refractivity contribution is -0.383. The molecule has 0 aliphatic heterocycles. The van der Waals surface area contributed by atoms with E-state index in [2.05, 4.69) is 15.3 Å². The maximum atomic E-state index is 11.9. The second kappa shape index (κ2) is 7.99. The Kier molecular flexibility index (Phi) is 5.49. The van der Waals surface area contributed by atoms with E-state index >= 15 is 0 Å². The van der Waals surface area contributed by atoms with E-state index in [1.807, 2.05) is 68.1 Å². The molecule has 140 valence electrons. The third-order valence-electron chi connectivity index (χ3n) is 4.61. The summed E-state index contributed by atoms with van der Waals surface area (Å²) in [6, 6.07) is 14.0. The van der Waals surface area contributed by atoms with Gasteiger partial charge in [0.15, 0.2) is 0 Å². The quantitative estimate of drug-likeness (QED) is 0.473. The standard InChI is InChI=1S/C20H23N5O2/c1-4-14(3)23-19-18(25(26)27)20(22-13-21-19)24(5-2)17-12-8-10-15-9-6-7-11-16(15)17/h6-14H,4-5H2,1-3H3,(H,21,22,23). The molecule has 7 heteroatoms. The van der Waals surface area contributed by atoms with Crippen LogP contribution in [0.4, 0.5) is 23.0 Å². The second-order valence-electron chi connectivity index (χ2n) is 6.35. The highest BCUT2D eigenvalue weighted by Crippen LogP contribution is 2.38. The molecule has 1 unspecified atom stereocenters. The Balaban J connectivity index is 2.18. The molecular weight excluding hydrogens is 342 g/mol. The monoisotopic (exact) mass is 365 g/mol. The minimum Gasteiger partial charge on any atom is -0.362 e. The first-order chi connectivity index (χ1) is 13.1.